The number of aryl methyl sites for hydroxylation is 1. The van der Waals surface area contributed by atoms with Crippen molar-refractivity contribution in [2.45, 2.75) is 13.5 Å². The van der Waals surface area contributed by atoms with Crippen molar-refractivity contribution in [1.82, 2.24) is 4.57 Å². The highest BCUT2D eigenvalue weighted by molar-refractivity contribution is 6.31. The molecule has 5 heteroatoms. The van der Waals surface area contributed by atoms with E-state index in [1.165, 1.54) is 0 Å². The summed E-state index contributed by atoms with van der Waals surface area (Å²) in [6, 6.07) is 17.2. The van der Waals surface area contributed by atoms with Gasteiger partial charge in [0, 0.05) is 26.9 Å². The number of amides is 1. The van der Waals surface area contributed by atoms with Crippen LogP contribution in [0.1, 0.15) is 21.5 Å². The van der Waals surface area contributed by atoms with Crippen molar-refractivity contribution in [1.29, 1.82) is 0 Å². The summed E-state index contributed by atoms with van der Waals surface area (Å²) in [6.45, 7) is 2.05. The minimum atomic E-state index is -0.514. The maximum atomic E-state index is 14.6. The van der Waals surface area contributed by atoms with Crippen LogP contribution in [0.4, 0.5) is 4.39 Å². The Morgan fingerprint density at radius 3 is 2.77 bits per heavy atom. The first kappa shape index (κ1) is 16.6. The smallest absolute Gasteiger partial charge is 0.249 e. The molecule has 26 heavy (non-hydrogen) atoms. The zero-order valence-electron chi connectivity index (χ0n) is 14.0. The van der Waals surface area contributed by atoms with Crippen LogP contribution in [0.15, 0.2) is 48.5 Å². The fourth-order valence-electron chi connectivity index (χ4n) is 3.41. The molecule has 129 valence electrons. The minimum absolute atomic E-state index is 0.237. The van der Waals surface area contributed by atoms with E-state index >= 15 is 0 Å². The Labute approximate surface area is 154 Å². The van der Waals surface area contributed by atoms with Gasteiger partial charge in [-0.05, 0) is 42.8 Å². The number of hydrogen-bond donors (Lipinski definition) is 1. The monoisotopic (exact) mass is 365 g/mol. The van der Waals surface area contributed by atoms with Gasteiger partial charge >= 0.3 is 0 Å². The zero-order valence-corrected chi connectivity index (χ0v) is 14.8. The molecule has 0 fully saturated rings. The van der Waals surface area contributed by atoms with E-state index in [1.54, 1.807) is 43.3 Å². The van der Waals surface area contributed by atoms with Crippen LogP contribution < -0.4 is 5.73 Å². The van der Waals surface area contributed by atoms with Crippen molar-refractivity contribution in [2.75, 3.05) is 0 Å². The summed E-state index contributed by atoms with van der Waals surface area (Å²) < 4.78 is 16.5. The molecule has 0 saturated heterocycles. The molecule has 0 aliphatic carbocycles. The van der Waals surface area contributed by atoms with Gasteiger partial charge in [-0.2, -0.15) is 0 Å². The molecule has 0 spiro atoms. The number of rotatable bonds is 3. The molecule has 4 rings (SSSR count). The maximum Gasteiger partial charge on any atom is 0.249 e. The van der Waals surface area contributed by atoms with Crippen LogP contribution in [-0.4, -0.2) is 10.5 Å². The number of primary amides is 1. The molecule has 0 saturated carbocycles. The topological polar surface area (TPSA) is 48.0 Å². The molecule has 1 amide bonds. The number of benzene rings is 3. The predicted molar refractivity (Wildman–Crippen MR) is 102 cm³/mol. The number of aromatic nitrogens is 1. The summed E-state index contributed by atoms with van der Waals surface area (Å²) in [5.41, 5.74) is 8.69. The Bertz CT molecular complexity index is 1180. The first-order valence-electron chi connectivity index (χ1n) is 8.13. The van der Waals surface area contributed by atoms with Crippen molar-refractivity contribution in [3.05, 3.63) is 82.1 Å². The normalized spacial score (nSPS) is 11.3. The Hall–Kier alpha value is -2.85. The first-order valence-corrected chi connectivity index (χ1v) is 8.51. The SMILES string of the molecule is Cc1cccc(Cn2c3cc(Cl)c[c]c3c3c(C(N)=O)cccc32)c1F. The van der Waals surface area contributed by atoms with Gasteiger partial charge in [0.1, 0.15) is 5.82 Å². The lowest BCUT2D eigenvalue weighted by Gasteiger charge is -2.10. The number of hydrogen-bond acceptors (Lipinski definition) is 1. The van der Waals surface area contributed by atoms with Crippen LogP contribution in [-0.2, 0) is 6.54 Å². The molecule has 1 heterocycles. The van der Waals surface area contributed by atoms with Gasteiger partial charge < -0.3 is 10.3 Å². The van der Waals surface area contributed by atoms with Crippen LogP contribution in [0, 0.1) is 18.8 Å². The van der Waals surface area contributed by atoms with E-state index in [4.69, 9.17) is 17.3 Å². The predicted octanol–water partition coefficient (Wildman–Crippen LogP) is 4.84. The lowest BCUT2D eigenvalue weighted by molar-refractivity contribution is 0.100. The molecule has 1 radical (unpaired) electrons. The molecule has 3 aromatic carbocycles. The van der Waals surface area contributed by atoms with Gasteiger partial charge in [-0.15, -0.1) is 0 Å². The number of nitrogens with two attached hydrogens (primary N) is 1. The quantitative estimate of drug-likeness (QED) is 0.554. The first-order chi connectivity index (χ1) is 12.5. The summed E-state index contributed by atoms with van der Waals surface area (Å²) in [5.74, 6) is -0.751. The van der Waals surface area contributed by atoms with E-state index in [9.17, 15) is 9.18 Å². The number of carbonyl (C=O) groups is 1. The van der Waals surface area contributed by atoms with Gasteiger partial charge in [0.25, 0.3) is 0 Å². The van der Waals surface area contributed by atoms with Crippen molar-refractivity contribution in [2.24, 2.45) is 5.73 Å². The molecule has 1 aromatic heterocycles. The number of halogens is 2. The largest absolute Gasteiger partial charge is 0.366 e. The Morgan fingerprint density at radius 2 is 2.00 bits per heavy atom. The van der Waals surface area contributed by atoms with E-state index in [0.717, 1.165) is 16.4 Å². The number of carbonyl (C=O) groups excluding carboxylic acids is 1. The van der Waals surface area contributed by atoms with Crippen molar-refractivity contribution in [3.63, 3.8) is 0 Å². The van der Waals surface area contributed by atoms with Gasteiger partial charge in [-0.25, -0.2) is 4.39 Å². The second-order valence-electron chi connectivity index (χ2n) is 6.28. The third-order valence-electron chi connectivity index (χ3n) is 4.62. The summed E-state index contributed by atoms with van der Waals surface area (Å²) >= 11 is 6.17. The van der Waals surface area contributed by atoms with E-state index in [1.807, 2.05) is 16.7 Å². The molecule has 0 bridgehead atoms. The van der Waals surface area contributed by atoms with E-state index < -0.39 is 5.91 Å². The lowest BCUT2D eigenvalue weighted by atomic mass is 10.1. The average molecular weight is 366 g/mol. The standard InChI is InChI=1S/C21H15ClFN2O/c1-12-4-2-5-13(20(12)23)11-25-17-7-3-6-16(21(24)26)19(17)15-9-8-14(22)10-18(15)25/h2-8,10H,11H2,1H3,(H2,24,26). The molecule has 4 aromatic rings. The molecule has 2 N–H and O–H groups in total. The van der Waals surface area contributed by atoms with Crippen molar-refractivity contribution >= 4 is 39.3 Å². The molecule has 0 aliphatic heterocycles. The average Bonchev–Trinajstić information content (AvgIpc) is 2.92. The fraction of sp³-hybridized carbons (Fsp3) is 0.0952. The van der Waals surface area contributed by atoms with Crippen LogP contribution in [0.3, 0.4) is 0 Å². The zero-order chi connectivity index (χ0) is 18.4. The van der Waals surface area contributed by atoms with Crippen LogP contribution >= 0.6 is 11.6 Å². The molecule has 0 unspecified atom stereocenters. The fourth-order valence-corrected chi connectivity index (χ4v) is 3.56. The lowest BCUT2D eigenvalue weighted by Crippen LogP contribution is -2.11. The van der Waals surface area contributed by atoms with Gasteiger partial charge in [0.15, 0.2) is 0 Å². The molecule has 0 atom stereocenters. The van der Waals surface area contributed by atoms with Gasteiger partial charge in [0.05, 0.1) is 17.6 Å². The Kier molecular flexibility index (Phi) is 3.93. The third-order valence-corrected chi connectivity index (χ3v) is 4.84. The third kappa shape index (κ3) is 2.54. The Balaban J connectivity index is 2.07. The molecular formula is C21H15ClFN2O. The highest BCUT2D eigenvalue weighted by Gasteiger charge is 2.18. The highest BCUT2D eigenvalue weighted by Crippen LogP contribution is 2.33. The molecular weight excluding hydrogens is 351 g/mol. The van der Waals surface area contributed by atoms with Crippen LogP contribution in [0.25, 0.3) is 21.8 Å². The summed E-state index contributed by atoms with van der Waals surface area (Å²) in [6.07, 6.45) is 0. The second-order valence-corrected chi connectivity index (χ2v) is 6.71. The highest BCUT2D eigenvalue weighted by atomic mass is 35.5. The van der Waals surface area contributed by atoms with E-state index in [-0.39, 0.29) is 5.82 Å². The summed E-state index contributed by atoms with van der Waals surface area (Å²) in [7, 11) is 0. The van der Waals surface area contributed by atoms with Crippen LogP contribution in [0.2, 0.25) is 5.02 Å². The van der Waals surface area contributed by atoms with Gasteiger partial charge in [-0.3, -0.25) is 4.79 Å². The van der Waals surface area contributed by atoms with Gasteiger partial charge in [-0.1, -0.05) is 35.9 Å². The number of fused-ring (bicyclic) bond motifs is 3. The van der Waals surface area contributed by atoms with Crippen molar-refractivity contribution in [3.8, 4) is 0 Å². The van der Waals surface area contributed by atoms with E-state index in [2.05, 4.69) is 6.07 Å². The maximum absolute atomic E-state index is 14.6. The number of nitrogens with zero attached hydrogens (tertiary/aromatic N) is 1. The Morgan fingerprint density at radius 1 is 1.23 bits per heavy atom. The molecule has 3 nitrogen and oxygen atoms in total. The van der Waals surface area contributed by atoms with Gasteiger partial charge in [0.2, 0.25) is 5.91 Å². The molecule has 0 aliphatic rings. The van der Waals surface area contributed by atoms with Crippen molar-refractivity contribution < 1.29 is 9.18 Å². The van der Waals surface area contributed by atoms with E-state index in [0.29, 0.717) is 33.6 Å². The summed E-state index contributed by atoms with van der Waals surface area (Å²) in [4.78, 5) is 11.9. The second kappa shape index (κ2) is 6.15. The minimum Gasteiger partial charge on any atom is -0.366 e. The van der Waals surface area contributed by atoms with Crippen LogP contribution in [0.5, 0.6) is 0 Å². The summed E-state index contributed by atoms with van der Waals surface area (Å²) in [5, 5.41) is 1.97.